The van der Waals surface area contributed by atoms with E-state index in [-0.39, 0.29) is 5.41 Å². The lowest BCUT2D eigenvalue weighted by Crippen LogP contribution is -2.34. The van der Waals surface area contributed by atoms with Crippen LogP contribution in [0.15, 0.2) is 53.7 Å². The largest absolute Gasteiger partial charge is 0.187 e. The Hall–Kier alpha value is -1.31. The number of hydrogen-bond acceptors (Lipinski definition) is 0. The predicted molar refractivity (Wildman–Crippen MR) is 114 cm³/mol. The highest BCUT2D eigenvalue weighted by Gasteiger charge is 2.36. The van der Waals surface area contributed by atoms with Crippen LogP contribution in [-0.2, 0) is 17.9 Å². The Morgan fingerprint density at radius 2 is 1.68 bits per heavy atom. The number of halogens is 1. The van der Waals surface area contributed by atoms with Crippen molar-refractivity contribution in [3.8, 4) is 0 Å². The fraction of sp³-hybridized carbons (Fsp3) is 0.391. The van der Waals surface area contributed by atoms with Gasteiger partial charge in [-0.15, -0.1) is 0 Å². The van der Waals surface area contributed by atoms with Crippen LogP contribution in [0.2, 0.25) is 6.04 Å². The Morgan fingerprint density at radius 1 is 1.00 bits per heavy atom. The fourth-order valence-corrected chi connectivity index (χ4v) is 8.49. The van der Waals surface area contributed by atoms with E-state index in [4.69, 9.17) is 11.1 Å². The van der Waals surface area contributed by atoms with E-state index in [9.17, 15) is 0 Å². The zero-order chi connectivity index (χ0) is 18.1. The second kappa shape index (κ2) is 7.13. The first-order chi connectivity index (χ1) is 11.8. The first-order valence-electron chi connectivity index (χ1n) is 9.39. The highest BCUT2D eigenvalue weighted by atomic mass is 35.6. The molecule has 0 heterocycles. The second-order valence-electron chi connectivity index (χ2n) is 8.38. The summed E-state index contributed by atoms with van der Waals surface area (Å²) >= 11 is 7.37. The standard InChI is InChI=1S/C23H29ClSi/c1-5-14-25(24,22-15-19-8-6-7-9-20(19)16-22)17-18-10-12-21(13-11-18)23(2,3)4/h6-13,15H,5,14,16-17H2,1-4H3. The molecule has 1 atom stereocenters. The zero-order valence-corrected chi connectivity index (χ0v) is 17.7. The van der Waals surface area contributed by atoms with Gasteiger partial charge in [0.25, 0.3) is 0 Å². The maximum Gasteiger partial charge on any atom is 0.187 e. The lowest BCUT2D eigenvalue weighted by molar-refractivity contribution is 0.590. The molecule has 2 aromatic rings. The molecule has 1 aliphatic rings. The molecule has 132 valence electrons. The third-order valence-corrected chi connectivity index (χ3v) is 10.7. The van der Waals surface area contributed by atoms with Gasteiger partial charge in [0.1, 0.15) is 0 Å². The Bertz CT molecular complexity index is 767. The van der Waals surface area contributed by atoms with E-state index >= 15 is 0 Å². The van der Waals surface area contributed by atoms with Crippen molar-refractivity contribution >= 4 is 24.5 Å². The van der Waals surface area contributed by atoms with Gasteiger partial charge in [-0.05, 0) is 46.2 Å². The van der Waals surface area contributed by atoms with E-state index in [0.717, 1.165) is 24.9 Å². The quantitative estimate of drug-likeness (QED) is 0.400. The number of hydrogen-bond donors (Lipinski definition) is 0. The molecule has 3 rings (SSSR count). The number of allylic oxidation sites excluding steroid dienone is 1. The Balaban J connectivity index is 1.84. The van der Waals surface area contributed by atoms with Crippen LogP contribution in [0, 0.1) is 0 Å². The maximum absolute atomic E-state index is 7.37. The minimum Gasteiger partial charge on any atom is -0.161 e. The van der Waals surface area contributed by atoms with Crippen molar-refractivity contribution in [3.63, 3.8) is 0 Å². The summed E-state index contributed by atoms with van der Waals surface area (Å²) in [4.78, 5) is 0. The average Bonchev–Trinajstić information content (AvgIpc) is 2.99. The van der Waals surface area contributed by atoms with Gasteiger partial charge in [-0.25, -0.2) is 0 Å². The molecule has 0 N–H and O–H groups in total. The highest BCUT2D eigenvalue weighted by Crippen LogP contribution is 2.38. The molecule has 1 unspecified atom stereocenters. The van der Waals surface area contributed by atoms with E-state index in [2.05, 4.69) is 82.3 Å². The minimum absolute atomic E-state index is 0.201. The van der Waals surface area contributed by atoms with Gasteiger partial charge in [-0.1, -0.05) is 93.9 Å². The normalized spacial score (nSPS) is 16.3. The van der Waals surface area contributed by atoms with E-state index in [0.29, 0.717) is 0 Å². The lowest BCUT2D eigenvalue weighted by Gasteiger charge is -2.27. The summed E-state index contributed by atoms with van der Waals surface area (Å²) in [6.07, 6.45) is 4.59. The molecule has 0 amide bonds. The molecule has 0 aromatic heterocycles. The molecule has 0 saturated heterocycles. The van der Waals surface area contributed by atoms with Gasteiger partial charge in [0.05, 0.1) is 0 Å². The van der Waals surface area contributed by atoms with Crippen molar-refractivity contribution in [1.82, 2.24) is 0 Å². The van der Waals surface area contributed by atoms with Crippen LogP contribution in [0.5, 0.6) is 0 Å². The molecular formula is C23H29ClSi. The van der Waals surface area contributed by atoms with Crippen LogP contribution in [0.25, 0.3) is 6.08 Å². The molecule has 2 heteroatoms. The SMILES string of the molecule is CCC[Si](Cl)(Cc1ccc(C(C)(C)C)cc1)C1=Cc2ccccc2C1. The second-order valence-corrected chi connectivity index (χ2v) is 14.0. The minimum atomic E-state index is -1.98. The van der Waals surface area contributed by atoms with Crippen LogP contribution < -0.4 is 0 Å². The van der Waals surface area contributed by atoms with Crippen molar-refractivity contribution in [1.29, 1.82) is 0 Å². The van der Waals surface area contributed by atoms with Gasteiger partial charge < -0.3 is 0 Å². The van der Waals surface area contributed by atoms with Crippen molar-refractivity contribution in [2.75, 3.05) is 0 Å². The third kappa shape index (κ3) is 4.10. The summed E-state index contributed by atoms with van der Waals surface area (Å²) in [7, 11) is -1.98. The summed E-state index contributed by atoms with van der Waals surface area (Å²) in [6.45, 7) is 9.05. The summed E-state index contributed by atoms with van der Waals surface area (Å²) in [5, 5.41) is 1.51. The third-order valence-electron chi connectivity index (χ3n) is 5.29. The Morgan fingerprint density at radius 3 is 2.28 bits per heavy atom. The van der Waals surface area contributed by atoms with Gasteiger partial charge in [0.15, 0.2) is 7.38 Å². The average molecular weight is 369 g/mol. The first kappa shape index (κ1) is 18.5. The van der Waals surface area contributed by atoms with Crippen LogP contribution in [0.4, 0.5) is 0 Å². The van der Waals surface area contributed by atoms with Gasteiger partial charge in [0.2, 0.25) is 0 Å². The predicted octanol–water partition coefficient (Wildman–Crippen LogP) is 6.84. The van der Waals surface area contributed by atoms with Crippen molar-refractivity contribution in [2.45, 2.75) is 58.0 Å². The van der Waals surface area contributed by atoms with Crippen LogP contribution in [0.3, 0.4) is 0 Å². The lowest BCUT2D eigenvalue weighted by atomic mass is 9.87. The molecule has 0 radical (unpaired) electrons. The number of fused-ring (bicyclic) bond motifs is 1. The van der Waals surface area contributed by atoms with Gasteiger partial charge in [0, 0.05) is 0 Å². The Kier molecular flexibility index (Phi) is 5.27. The van der Waals surface area contributed by atoms with Crippen molar-refractivity contribution in [3.05, 3.63) is 76.0 Å². The van der Waals surface area contributed by atoms with E-state index in [1.54, 1.807) is 0 Å². The molecule has 0 aliphatic heterocycles. The van der Waals surface area contributed by atoms with Crippen molar-refractivity contribution < 1.29 is 0 Å². The van der Waals surface area contributed by atoms with Gasteiger partial charge in [-0.2, -0.15) is 11.1 Å². The smallest absolute Gasteiger partial charge is 0.161 e. The monoisotopic (exact) mass is 368 g/mol. The molecule has 0 bridgehead atoms. The Labute approximate surface area is 158 Å². The molecule has 0 spiro atoms. The summed E-state index contributed by atoms with van der Waals surface area (Å²) in [6, 6.07) is 20.1. The first-order valence-corrected chi connectivity index (χ1v) is 12.8. The number of benzene rings is 2. The van der Waals surface area contributed by atoms with E-state index in [1.165, 1.54) is 27.5 Å². The van der Waals surface area contributed by atoms with E-state index in [1.807, 2.05) is 0 Å². The van der Waals surface area contributed by atoms with Crippen LogP contribution >= 0.6 is 11.1 Å². The molecule has 25 heavy (non-hydrogen) atoms. The summed E-state index contributed by atoms with van der Waals surface area (Å²) in [5.41, 5.74) is 5.79. The molecule has 0 saturated carbocycles. The molecule has 2 aromatic carbocycles. The molecule has 1 aliphatic carbocycles. The summed E-state index contributed by atoms with van der Waals surface area (Å²) in [5.74, 6) is 0. The van der Waals surface area contributed by atoms with Gasteiger partial charge >= 0.3 is 0 Å². The molecule has 0 nitrogen and oxygen atoms in total. The van der Waals surface area contributed by atoms with Crippen LogP contribution in [-0.4, -0.2) is 7.38 Å². The highest BCUT2D eigenvalue weighted by molar-refractivity contribution is 7.24. The van der Waals surface area contributed by atoms with Gasteiger partial charge in [-0.3, -0.25) is 0 Å². The molecular weight excluding hydrogens is 340 g/mol. The van der Waals surface area contributed by atoms with Crippen LogP contribution in [0.1, 0.15) is 56.4 Å². The number of rotatable bonds is 5. The topological polar surface area (TPSA) is 0 Å². The van der Waals surface area contributed by atoms with E-state index < -0.39 is 7.38 Å². The van der Waals surface area contributed by atoms with Crippen molar-refractivity contribution in [2.24, 2.45) is 0 Å². The zero-order valence-electron chi connectivity index (χ0n) is 15.9. The summed E-state index contributed by atoms with van der Waals surface area (Å²) < 4.78 is 0. The maximum atomic E-state index is 7.37. The fourth-order valence-electron chi connectivity index (χ4n) is 3.77. The molecule has 0 fully saturated rings.